The van der Waals surface area contributed by atoms with E-state index in [1.54, 1.807) is 0 Å². The number of hydrogen-bond acceptors (Lipinski definition) is 6. The predicted molar refractivity (Wildman–Crippen MR) is 162 cm³/mol. The number of benzene rings is 1. The summed E-state index contributed by atoms with van der Waals surface area (Å²) in [7, 11) is 0. The molecule has 0 radical (unpaired) electrons. The number of nitrogens with zero attached hydrogens (tertiary/aromatic N) is 2. The normalized spacial score (nSPS) is 18.4. The fourth-order valence-electron chi connectivity index (χ4n) is 6.05. The smallest absolute Gasteiger partial charge is 0.140 e. The van der Waals surface area contributed by atoms with E-state index in [1.165, 1.54) is 88.9 Å². The second-order valence-corrected chi connectivity index (χ2v) is 13.2. The highest BCUT2D eigenvalue weighted by molar-refractivity contribution is 7.23. The van der Waals surface area contributed by atoms with Crippen LogP contribution < -0.4 is 4.74 Å². The fraction of sp³-hybridized carbons (Fsp3) is 0.548. The van der Waals surface area contributed by atoms with E-state index in [1.807, 2.05) is 22.7 Å². The van der Waals surface area contributed by atoms with Gasteiger partial charge in [-0.2, -0.15) is 8.75 Å². The van der Waals surface area contributed by atoms with Crippen LogP contribution in [0, 0.1) is 11.8 Å². The monoisotopic (exact) mass is 552 g/mol. The highest BCUT2D eigenvalue weighted by atomic mass is 32.1. The Kier molecular flexibility index (Phi) is 8.67. The van der Waals surface area contributed by atoms with Crippen molar-refractivity contribution in [3.8, 4) is 25.9 Å². The summed E-state index contributed by atoms with van der Waals surface area (Å²) in [5, 5.41) is 2.21. The van der Waals surface area contributed by atoms with Gasteiger partial charge >= 0.3 is 0 Å². The van der Waals surface area contributed by atoms with Gasteiger partial charge in [0.1, 0.15) is 22.4 Å². The zero-order valence-corrected chi connectivity index (χ0v) is 25.2. The molecule has 5 rings (SSSR count). The van der Waals surface area contributed by atoms with E-state index in [0.717, 1.165) is 29.6 Å². The number of unbranched alkanes of at least 4 members (excludes halogenated alkanes) is 2. The van der Waals surface area contributed by atoms with Crippen LogP contribution in [0.4, 0.5) is 0 Å². The van der Waals surface area contributed by atoms with Crippen molar-refractivity contribution in [3.05, 3.63) is 41.3 Å². The second kappa shape index (κ2) is 12.0. The minimum Gasteiger partial charge on any atom is -0.481 e. The van der Waals surface area contributed by atoms with Gasteiger partial charge in [0.2, 0.25) is 0 Å². The molecule has 0 saturated heterocycles. The Morgan fingerprint density at radius 2 is 1.62 bits per heavy atom. The Bertz CT molecular complexity index is 1280. The largest absolute Gasteiger partial charge is 0.481 e. The number of aromatic nitrogens is 2. The van der Waals surface area contributed by atoms with Crippen molar-refractivity contribution in [2.24, 2.45) is 11.8 Å². The molecule has 4 heterocycles. The Balaban J connectivity index is 1.64. The summed E-state index contributed by atoms with van der Waals surface area (Å²) in [4.78, 5) is 4.01. The van der Waals surface area contributed by atoms with Crippen LogP contribution in [0.1, 0.15) is 97.5 Å². The van der Waals surface area contributed by atoms with Crippen LogP contribution in [0.25, 0.3) is 31.2 Å². The van der Waals surface area contributed by atoms with Crippen LogP contribution >= 0.6 is 34.4 Å². The SMILES string of the molecule is CCCCC(CC)CC1(CC(CC)CCCC)Oc2ccsc2-c2sc(-c3cccc4nsnc34)cc21. The van der Waals surface area contributed by atoms with E-state index in [-0.39, 0.29) is 5.60 Å². The lowest BCUT2D eigenvalue weighted by molar-refractivity contribution is 0.00805. The Morgan fingerprint density at radius 1 is 0.892 bits per heavy atom. The lowest BCUT2D eigenvalue weighted by Crippen LogP contribution is -2.39. The maximum absolute atomic E-state index is 7.22. The summed E-state index contributed by atoms with van der Waals surface area (Å²) >= 11 is 5.05. The van der Waals surface area contributed by atoms with E-state index in [9.17, 15) is 0 Å². The number of hydrogen-bond donors (Lipinski definition) is 0. The molecule has 0 aliphatic carbocycles. The number of thiophene rings is 2. The third-order valence-electron chi connectivity index (χ3n) is 8.24. The zero-order chi connectivity index (χ0) is 25.8. The van der Waals surface area contributed by atoms with Crippen LogP contribution in [0.2, 0.25) is 0 Å². The molecule has 2 unspecified atom stereocenters. The maximum Gasteiger partial charge on any atom is 0.140 e. The van der Waals surface area contributed by atoms with Crippen LogP contribution in [0.5, 0.6) is 5.75 Å². The van der Waals surface area contributed by atoms with Gasteiger partial charge in [-0.3, -0.25) is 0 Å². The first-order chi connectivity index (χ1) is 18.1. The van der Waals surface area contributed by atoms with Gasteiger partial charge in [-0.15, -0.1) is 22.7 Å². The van der Waals surface area contributed by atoms with Crippen molar-refractivity contribution in [1.29, 1.82) is 0 Å². The van der Waals surface area contributed by atoms with Crippen LogP contribution in [-0.4, -0.2) is 8.75 Å². The molecule has 2 atom stereocenters. The van der Waals surface area contributed by atoms with Crippen LogP contribution in [0.15, 0.2) is 35.7 Å². The minimum absolute atomic E-state index is 0.269. The lowest BCUT2D eigenvalue weighted by Gasteiger charge is -2.42. The van der Waals surface area contributed by atoms with Crippen molar-refractivity contribution < 1.29 is 4.74 Å². The van der Waals surface area contributed by atoms with Gasteiger partial charge in [0.05, 0.1) is 21.5 Å². The minimum atomic E-state index is -0.269. The number of ether oxygens (including phenoxy) is 1. The molecular formula is C31H40N2OS3. The van der Waals surface area contributed by atoms with E-state index < -0.39 is 0 Å². The molecule has 0 saturated carbocycles. The molecule has 3 nitrogen and oxygen atoms in total. The van der Waals surface area contributed by atoms with Crippen molar-refractivity contribution in [3.63, 3.8) is 0 Å². The quantitative estimate of drug-likeness (QED) is 0.165. The summed E-state index contributed by atoms with van der Waals surface area (Å²) in [5.41, 5.74) is 4.37. The van der Waals surface area contributed by atoms with Crippen LogP contribution in [0.3, 0.4) is 0 Å². The van der Waals surface area contributed by atoms with Gasteiger partial charge < -0.3 is 4.74 Å². The molecule has 4 aromatic rings. The standard InChI is InChI=1S/C31H40N2OS3/c1-5-9-12-21(7-3)19-31(20-22(8-4)13-10-6-2)24-18-27(23-14-11-15-25-28(23)33-37-32-25)36-29(24)30-26(34-31)16-17-35-30/h11,14-18,21-22H,5-10,12-13,19-20H2,1-4H3. The summed E-state index contributed by atoms with van der Waals surface area (Å²) < 4.78 is 16.4. The molecule has 37 heavy (non-hydrogen) atoms. The molecule has 6 heteroatoms. The molecule has 3 aromatic heterocycles. The Morgan fingerprint density at radius 3 is 2.30 bits per heavy atom. The van der Waals surface area contributed by atoms with E-state index in [4.69, 9.17) is 4.74 Å². The van der Waals surface area contributed by atoms with Gasteiger partial charge in [-0.25, -0.2) is 0 Å². The molecule has 1 aromatic carbocycles. The van der Waals surface area contributed by atoms with Gasteiger partial charge in [-0.1, -0.05) is 91.2 Å². The van der Waals surface area contributed by atoms with E-state index in [2.05, 4.69) is 72.2 Å². The first-order valence-electron chi connectivity index (χ1n) is 14.2. The topological polar surface area (TPSA) is 35.0 Å². The van der Waals surface area contributed by atoms with Gasteiger partial charge in [0, 0.05) is 16.0 Å². The fourth-order valence-corrected chi connectivity index (χ4v) is 8.86. The first-order valence-corrected chi connectivity index (χ1v) is 16.7. The number of rotatable bonds is 13. The average molecular weight is 553 g/mol. The highest BCUT2D eigenvalue weighted by Gasteiger charge is 2.45. The van der Waals surface area contributed by atoms with Crippen molar-refractivity contribution in [2.45, 2.75) is 97.5 Å². The van der Waals surface area contributed by atoms with Crippen molar-refractivity contribution >= 4 is 45.4 Å². The molecule has 198 valence electrons. The Labute approximate surface area is 234 Å². The maximum atomic E-state index is 7.22. The summed E-state index contributed by atoms with van der Waals surface area (Å²) in [5.74, 6) is 2.44. The third-order valence-corrected chi connectivity index (χ3v) is 11.0. The Hall–Kier alpha value is -1.76. The molecule has 0 amide bonds. The molecule has 1 aliphatic heterocycles. The van der Waals surface area contributed by atoms with E-state index >= 15 is 0 Å². The van der Waals surface area contributed by atoms with Gasteiger partial charge in [-0.05, 0) is 48.3 Å². The molecule has 0 bridgehead atoms. The zero-order valence-electron chi connectivity index (χ0n) is 22.7. The van der Waals surface area contributed by atoms with Crippen molar-refractivity contribution in [1.82, 2.24) is 8.75 Å². The molecule has 0 fully saturated rings. The van der Waals surface area contributed by atoms with E-state index in [0.29, 0.717) is 11.8 Å². The summed E-state index contributed by atoms with van der Waals surface area (Å²) in [6, 6.07) is 11.1. The first kappa shape index (κ1) is 26.8. The third kappa shape index (κ3) is 5.39. The van der Waals surface area contributed by atoms with Crippen molar-refractivity contribution in [2.75, 3.05) is 0 Å². The lowest BCUT2D eigenvalue weighted by atomic mass is 9.74. The van der Waals surface area contributed by atoms with Gasteiger partial charge in [0.15, 0.2) is 0 Å². The molecular weight excluding hydrogens is 513 g/mol. The molecule has 0 N–H and O–H groups in total. The molecule has 1 aliphatic rings. The predicted octanol–water partition coefficient (Wildman–Crippen LogP) is 10.9. The molecule has 0 spiro atoms. The number of fused-ring (bicyclic) bond motifs is 4. The summed E-state index contributed by atoms with van der Waals surface area (Å²) in [6.07, 6.45) is 12.3. The highest BCUT2D eigenvalue weighted by Crippen LogP contribution is 2.57. The average Bonchev–Trinajstić information content (AvgIpc) is 3.68. The van der Waals surface area contributed by atoms with Crippen LogP contribution in [-0.2, 0) is 5.60 Å². The van der Waals surface area contributed by atoms with Gasteiger partial charge in [0.25, 0.3) is 0 Å². The summed E-state index contributed by atoms with van der Waals surface area (Å²) in [6.45, 7) is 9.37. The second-order valence-electron chi connectivity index (χ2n) is 10.7.